The number of nitrogens with zero attached hydrogens (tertiary/aromatic N) is 3. The van der Waals surface area contributed by atoms with Gasteiger partial charge >= 0.3 is 0 Å². The van der Waals surface area contributed by atoms with Crippen LogP contribution in [0.1, 0.15) is 18.9 Å². The lowest BCUT2D eigenvalue weighted by atomic mass is 10.1. The largest absolute Gasteiger partial charge is 0.354 e. The Morgan fingerprint density at radius 2 is 2.26 bits per heavy atom. The first-order valence-corrected chi connectivity index (χ1v) is 7.27. The average Bonchev–Trinajstić information content (AvgIpc) is 2.42. The lowest BCUT2D eigenvalue weighted by Crippen LogP contribution is -2.51. The molecule has 0 spiro atoms. The maximum Gasteiger partial charge on any atom is 0.129 e. The van der Waals surface area contributed by atoms with E-state index in [-0.39, 0.29) is 0 Å². The van der Waals surface area contributed by atoms with Crippen molar-refractivity contribution >= 4 is 17.4 Å². The molecular formula is C14H23ClN4. The van der Waals surface area contributed by atoms with E-state index in [0.29, 0.717) is 6.04 Å². The molecule has 4 nitrogen and oxygen atoms in total. The molecule has 2 rings (SSSR count). The van der Waals surface area contributed by atoms with Crippen LogP contribution in [0.3, 0.4) is 0 Å². The molecule has 1 aliphatic rings. The van der Waals surface area contributed by atoms with Crippen molar-refractivity contribution in [1.82, 2.24) is 15.2 Å². The molecule has 1 N–H and O–H groups in total. The molecule has 5 heteroatoms. The highest BCUT2D eigenvalue weighted by Gasteiger charge is 2.23. The highest BCUT2D eigenvalue weighted by atomic mass is 35.5. The van der Waals surface area contributed by atoms with Crippen LogP contribution in [0.25, 0.3) is 0 Å². The Kier molecular flexibility index (Phi) is 5.02. The summed E-state index contributed by atoms with van der Waals surface area (Å²) >= 11 is 6.16. The van der Waals surface area contributed by atoms with Gasteiger partial charge in [-0.15, -0.1) is 0 Å². The summed E-state index contributed by atoms with van der Waals surface area (Å²) in [6.45, 7) is 6.18. The van der Waals surface area contributed by atoms with E-state index in [4.69, 9.17) is 11.6 Å². The van der Waals surface area contributed by atoms with E-state index in [1.807, 2.05) is 7.05 Å². The summed E-state index contributed by atoms with van der Waals surface area (Å²) in [5, 5.41) is 3.88. The van der Waals surface area contributed by atoms with E-state index in [1.165, 1.54) is 6.42 Å². The number of anilines is 1. The SMILES string of the molecule is CCC1CN(c2cc(CNC)c(Cl)cn2)CCN1C. The molecule has 1 atom stereocenters. The van der Waals surface area contributed by atoms with E-state index in [2.05, 4.69) is 40.1 Å². The van der Waals surface area contributed by atoms with Crippen molar-refractivity contribution in [2.24, 2.45) is 0 Å². The van der Waals surface area contributed by atoms with Crippen LogP contribution in [0.4, 0.5) is 5.82 Å². The van der Waals surface area contributed by atoms with Gasteiger partial charge in [0.25, 0.3) is 0 Å². The van der Waals surface area contributed by atoms with E-state index in [9.17, 15) is 0 Å². The maximum absolute atomic E-state index is 6.16. The second kappa shape index (κ2) is 6.55. The fourth-order valence-corrected chi connectivity index (χ4v) is 2.73. The van der Waals surface area contributed by atoms with Gasteiger partial charge in [-0.2, -0.15) is 0 Å². The molecule has 0 saturated carbocycles. The number of halogens is 1. The fraction of sp³-hybridized carbons (Fsp3) is 0.643. The Bertz CT molecular complexity index is 424. The number of hydrogen-bond acceptors (Lipinski definition) is 4. The van der Waals surface area contributed by atoms with Gasteiger partial charge in [0.2, 0.25) is 0 Å². The number of likely N-dealkylation sites (N-methyl/N-ethyl adjacent to an activating group) is 1. The van der Waals surface area contributed by atoms with Gasteiger partial charge in [0, 0.05) is 38.4 Å². The minimum Gasteiger partial charge on any atom is -0.354 e. The van der Waals surface area contributed by atoms with Crippen molar-refractivity contribution in [1.29, 1.82) is 0 Å². The third-order valence-corrected chi connectivity index (χ3v) is 4.20. The zero-order valence-electron chi connectivity index (χ0n) is 12.0. The Labute approximate surface area is 120 Å². The lowest BCUT2D eigenvalue weighted by Gasteiger charge is -2.39. The normalized spacial score (nSPS) is 20.8. The van der Waals surface area contributed by atoms with E-state index >= 15 is 0 Å². The smallest absolute Gasteiger partial charge is 0.129 e. The van der Waals surface area contributed by atoms with E-state index in [1.54, 1.807) is 6.20 Å². The molecule has 0 amide bonds. The topological polar surface area (TPSA) is 31.4 Å². The van der Waals surface area contributed by atoms with Crippen LogP contribution in [-0.4, -0.2) is 49.7 Å². The number of pyridine rings is 1. The maximum atomic E-state index is 6.16. The Balaban J connectivity index is 2.15. The summed E-state index contributed by atoms with van der Waals surface area (Å²) in [5.74, 6) is 1.04. The molecule has 1 unspecified atom stereocenters. The molecule has 2 heterocycles. The van der Waals surface area contributed by atoms with Gasteiger partial charge in [-0.05, 0) is 32.1 Å². The van der Waals surface area contributed by atoms with Crippen LogP contribution >= 0.6 is 11.6 Å². The highest BCUT2D eigenvalue weighted by Crippen LogP contribution is 2.23. The molecule has 19 heavy (non-hydrogen) atoms. The summed E-state index contributed by atoms with van der Waals surface area (Å²) in [4.78, 5) is 9.28. The molecule has 106 valence electrons. The summed E-state index contributed by atoms with van der Waals surface area (Å²) in [6.07, 6.45) is 2.94. The van der Waals surface area contributed by atoms with Crippen LogP contribution < -0.4 is 10.2 Å². The molecular weight excluding hydrogens is 260 g/mol. The lowest BCUT2D eigenvalue weighted by molar-refractivity contribution is 0.213. The first-order chi connectivity index (χ1) is 9.15. The van der Waals surface area contributed by atoms with Crippen molar-refractivity contribution in [3.8, 4) is 0 Å². The molecule has 0 aliphatic carbocycles. The second-order valence-electron chi connectivity index (χ2n) is 5.15. The minimum absolute atomic E-state index is 0.610. The van der Waals surface area contributed by atoms with E-state index < -0.39 is 0 Å². The molecule has 1 saturated heterocycles. The van der Waals surface area contributed by atoms with Gasteiger partial charge in [-0.3, -0.25) is 4.90 Å². The molecule has 1 aliphatic heterocycles. The Morgan fingerprint density at radius 3 is 2.95 bits per heavy atom. The number of piperazine rings is 1. The molecule has 0 aromatic carbocycles. The molecule has 0 bridgehead atoms. The fourth-order valence-electron chi connectivity index (χ4n) is 2.56. The number of rotatable bonds is 4. The van der Waals surface area contributed by atoms with Gasteiger partial charge in [0.05, 0.1) is 5.02 Å². The first kappa shape index (κ1) is 14.6. The van der Waals surface area contributed by atoms with Gasteiger partial charge < -0.3 is 10.2 Å². The van der Waals surface area contributed by atoms with Crippen LogP contribution in [-0.2, 0) is 6.54 Å². The third-order valence-electron chi connectivity index (χ3n) is 3.86. The average molecular weight is 283 g/mol. The van der Waals surface area contributed by atoms with Crippen molar-refractivity contribution in [3.63, 3.8) is 0 Å². The molecule has 1 aromatic heterocycles. The number of aromatic nitrogens is 1. The van der Waals surface area contributed by atoms with Gasteiger partial charge in [0.1, 0.15) is 5.82 Å². The summed E-state index contributed by atoms with van der Waals surface area (Å²) in [5.41, 5.74) is 1.11. The Morgan fingerprint density at radius 1 is 1.47 bits per heavy atom. The summed E-state index contributed by atoms with van der Waals surface area (Å²) in [7, 11) is 4.13. The third kappa shape index (κ3) is 3.38. The standard InChI is InChI=1S/C14H23ClN4/c1-4-12-10-19(6-5-18(12)3)14-7-11(8-16-2)13(15)9-17-14/h7,9,12,16H,4-6,8,10H2,1-3H3. The second-order valence-corrected chi connectivity index (χ2v) is 5.56. The van der Waals surface area contributed by atoms with Crippen LogP contribution in [0, 0.1) is 0 Å². The van der Waals surface area contributed by atoms with Crippen molar-refractivity contribution < 1.29 is 0 Å². The zero-order chi connectivity index (χ0) is 13.8. The van der Waals surface area contributed by atoms with E-state index in [0.717, 1.165) is 42.6 Å². The summed E-state index contributed by atoms with van der Waals surface area (Å²) < 4.78 is 0. The van der Waals surface area contributed by atoms with Gasteiger partial charge in [-0.1, -0.05) is 18.5 Å². The monoisotopic (exact) mass is 282 g/mol. The van der Waals surface area contributed by atoms with Crippen LogP contribution in [0.5, 0.6) is 0 Å². The summed E-state index contributed by atoms with van der Waals surface area (Å²) in [6, 6.07) is 2.72. The quantitative estimate of drug-likeness (QED) is 0.915. The number of hydrogen-bond donors (Lipinski definition) is 1. The predicted octanol–water partition coefficient (Wildman–Crippen LogP) is 1.98. The van der Waals surface area contributed by atoms with Crippen molar-refractivity contribution in [2.45, 2.75) is 25.9 Å². The van der Waals surface area contributed by atoms with Crippen LogP contribution in [0.15, 0.2) is 12.3 Å². The van der Waals surface area contributed by atoms with Crippen molar-refractivity contribution in [2.75, 3.05) is 38.6 Å². The van der Waals surface area contributed by atoms with Crippen molar-refractivity contribution in [3.05, 3.63) is 22.8 Å². The molecule has 1 aromatic rings. The molecule has 1 fully saturated rings. The molecule has 0 radical (unpaired) electrons. The predicted molar refractivity (Wildman–Crippen MR) is 80.9 cm³/mol. The number of nitrogens with one attached hydrogen (secondary N) is 1. The Hall–Kier alpha value is -0.840. The van der Waals surface area contributed by atoms with Crippen LogP contribution in [0.2, 0.25) is 5.02 Å². The van der Waals surface area contributed by atoms with Gasteiger partial charge in [-0.25, -0.2) is 4.98 Å². The minimum atomic E-state index is 0.610. The highest BCUT2D eigenvalue weighted by molar-refractivity contribution is 6.31. The first-order valence-electron chi connectivity index (χ1n) is 6.90. The van der Waals surface area contributed by atoms with Gasteiger partial charge in [0.15, 0.2) is 0 Å². The zero-order valence-corrected chi connectivity index (χ0v) is 12.7.